The zero-order chi connectivity index (χ0) is 16.8. The number of H-pyrrole nitrogens is 1. The highest BCUT2D eigenvalue weighted by atomic mass is 32.1. The average Bonchev–Trinajstić information content (AvgIpc) is 3.00. The summed E-state index contributed by atoms with van der Waals surface area (Å²) in [5.74, 6) is 0. The number of nitrogens with zero attached hydrogens (tertiary/aromatic N) is 2. The molecule has 6 heteroatoms. The van der Waals surface area contributed by atoms with Crippen LogP contribution in [0.1, 0.15) is 16.8 Å². The maximum absolute atomic E-state index is 5.22. The summed E-state index contributed by atoms with van der Waals surface area (Å²) in [7, 11) is 0. The average molecular weight is 337 g/mol. The molecule has 0 amide bonds. The number of aromatic amines is 1. The van der Waals surface area contributed by atoms with Gasteiger partial charge in [-0.15, -0.1) is 0 Å². The van der Waals surface area contributed by atoms with E-state index in [4.69, 9.17) is 12.2 Å². The van der Waals surface area contributed by atoms with E-state index in [9.17, 15) is 0 Å². The van der Waals surface area contributed by atoms with Gasteiger partial charge in [0.25, 0.3) is 0 Å². The van der Waals surface area contributed by atoms with Gasteiger partial charge in [0, 0.05) is 29.8 Å². The third-order valence-corrected chi connectivity index (χ3v) is 3.89. The lowest BCUT2D eigenvalue weighted by molar-refractivity contribution is 0.841. The molecule has 5 nitrogen and oxygen atoms in total. The summed E-state index contributed by atoms with van der Waals surface area (Å²) < 4.78 is 0. The molecule has 0 spiro atoms. The molecule has 2 heterocycles. The summed E-state index contributed by atoms with van der Waals surface area (Å²) in [6, 6.07) is 12.2. The van der Waals surface area contributed by atoms with Gasteiger partial charge in [0.05, 0.1) is 11.9 Å². The second-order valence-corrected chi connectivity index (χ2v) is 5.90. The fourth-order valence-corrected chi connectivity index (χ4v) is 2.56. The number of hydrazone groups is 1. The Morgan fingerprint density at radius 1 is 1.29 bits per heavy atom. The van der Waals surface area contributed by atoms with E-state index in [1.165, 1.54) is 10.9 Å². The molecule has 0 fully saturated rings. The van der Waals surface area contributed by atoms with Crippen molar-refractivity contribution in [3.63, 3.8) is 0 Å². The number of hydrogen-bond donors (Lipinski definition) is 3. The Bertz CT molecular complexity index is 851. The Hall–Kier alpha value is -2.73. The van der Waals surface area contributed by atoms with Crippen LogP contribution in [-0.4, -0.2) is 27.8 Å². The Kier molecular flexibility index (Phi) is 5.18. The zero-order valence-electron chi connectivity index (χ0n) is 13.4. The number of aromatic nitrogens is 2. The van der Waals surface area contributed by atoms with E-state index in [0.29, 0.717) is 5.11 Å². The van der Waals surface area contributed by atoms with Crippen LogP contribution in [0.3, 0.4) is 0 Å². The molecule has 0 aliphatic carbocycles. The number of fused-ring (bicyclic) bond motifs is 1. The van der Waals surface area contributed by atoms with Crippen LogP contribution in [-0.2, 0) is 6.42 Å². The van der Waals surface area contributed by atoms with Crippen molar-refractivity contribution in [2.45, 2.75) is 13.3 Å². The largest absolute Gasteiger partial charge is 0.361 e. The Morgan fingerprint density at radius 2 is 2.17 bits per heavy atom. The van der Waals surface area contributed by atoms with Crippen molar-refractivity contribution in [2.75, 3.05) is 6.54 Å². The van der Waals surface area contributed by atoms with Gasteiger partial charge in [-0.05, 0) is 48.8 Å². The van der Waals surface area contributed by atoms with Gasteiger partial charge in [-0.2, -0.15) is 5.10 Å². The van der Waals surface area contributed by atoms with E-state index in [1.54, 1.807) is 12.4 Å². The van der Waals surface area contributed by atoms with Gasteiger partial charge in [0.2, 0.25) is 0 Å². The lowest BCUT2D eigenvalue weighted by atomic mass is 10.1. The predicted molar refractivity (Wildman–Crippen MR) is 102 cm³/mol. The third-order valence-electron chi connectivity index (χ3n) is 3.65. The van der Waals surface area contributed by atoms with Crippen LogP contribution in [0.2, 0.25) is 0 Å². The van der Waals surface area contributed by atoms with E-state index < -0.39 is 0 Å². The molecule has 2 aromatic heterocycles. The molecule has 0 bridgehead atoms. The monoisotopic (exact) mass is 337 g/mol. The van der Waals surface area contributed by atoms with Crippen LogP contribution < -0.4 is 10.7 Å². The minimum atomic E-state index is 0.498. The van der Waals surface area contributed by atoms with Crippen LogP contribution in [0.4, 0.5) is 0 Å². The highest BCUT2D eigenvalue weighted by molar-refractivity contribution is 7.80. The fraction of sp³-hybridized carbons (Fsp3) is 0.167. The number of para-hydroxylation sites is 1. The van der Waals surface area contributed by atoms with Crippen molar-refractivity contribution in [3.05, 3.63) is 65.6 Å². The second kappa shape index (κ2) is 7.70. The van der Waals surface area contributed by atoms with Gasteiger partial charge in [-0.3, -0.25) is 10.4 Å². The molecule has 0 aliphatic rings. The highest BCUT2D eigenvalue weighted by Gasteiger charge is 2.02. The molecule has 1 aromatic carbocycles. The quantitative estimate of drug-likeness (QED) is 0.380. The van der Waals surface area contributed by atoms with Gasteiger partial charge in [0.15, 0.2) is 5.11 Å². The van der Waals surface area contributed by atoms with Crippen LogP contribution >= 0.6 is 12.2 Å². The van der Waals surface area contributed by atoms with Crippen LogP contribution in [0.5, 0.6) is 0 Å². The maximum atomic E-state index is 5.22. The van der Waals surface area contributed by atoms with E-state index in [0.717, 1.165) is 29.7 Å². The van der Waals surface area contributed by atoms with E-state index in [2.05, 4.69) is 37.9 Å². The minimum Gasteiger partial charge on any atom is -0.361 e. The van der Waals surface area contributed by atoms with Crippen molar-refractivity contribution >= 4 is 34.4 Å². The first-order chi connectivity index (χ1) is 11.7. The standard InChI is InChI=1S/C18H19N5S/c1-13-6-7-15(20-10-13)12-22-23-18(24)19-9-8-14-11-21-17-5-3-2-4-16(14)17/h2-7,10-12,21H,8-9H2,1H3,(H2,19,23,24)/b22-12+. The Morgan fingerprint density at radius 3 is 3.00 bits per heavy atom. The van der Waals surface area contributed by atoms with Crippen molar-refractivity contribution in [1.29, 1.82) is 0 Å². The first-order valence-electron chi connectivity index (χ1n) is 7.77. The number of aryl methyl sites for hydroxylation is 1. The Labute approximate surface area is 146 Å². The maximum Gasteiger partial charge on any atom is 0.186 e. The summed E-state index contributed by atoms with van der Waals surface area (Å²) in [5, 5.41) is 8.99. The Balaban J connectivity index is 1.45. The number of rotatable bonds is 5. The van der Waals surface area contributed by atoms with Crippen LogP contribution in [0.15, 0.2) is 53.9 Å². The summed E-state index contributed by atoms with van der Waals surface area (Å²) in [6.07, 6.45) is 6.38. The molecule has 0 atom stereocenters. The molecule has 122 valence electrons. The fourth-order valence-electron chi connectivity index (χ4n) is 2.40. The van der Waals surface area contributed by atoms with Crippen LogP contribution in [0.25, 0.3) is 10.9 Å². The minimum absolute atomic E-state index is 0.498. The molecular formula is C18H19N5S. The molecule has 3 aromatic rings. The number of hydrogen-bond acceptors (Lipinski definition) is 3. The van der Waals surface area contributed by atoms with E-state index >= 15 is 0 Å². The van der Waals surface area contributed by atoms with E-state index in [1.807, 2.05) is 37.4 Å². The topological polar surface area (TPSA) is 65.1 Å². The molecule has 3 rings (SSSR count). The van der Waals surface area contributed by atoms with Gasteiger partial charge in [-0.25, -0.2) is 0 Å². The predicted octanol–water partition coefficient (Wildman–Crippen LogP) is 2.91. The number of benzene rings is 1. The third kappa shape index (κ3) is 4.17. The van der Waals surface area contributed by atoms with Crippen LogP contribution in [0, 0.1) is 6.92 Å². The number of thiocarbonyl (C=S) groups is 1. The lowest BCUT2D eigenvalue weighted by Gasteiger charge is -2.06. The molecular weight excluding hydrogens is 318 g/mol. The molecule has 3 N–H and O–H groups in total. The molecule has 0 saturated carbocycles. The normalized spacial score (nSPS) is 11.0. The van der Waals surface area contributed by atoms with Gasteiger partial charge in [-0.1, -0.05) is 24.3 Å². The molecule has 0 saturated heterocycles. The van der Waals surface area contributed by atoms with Crippen molar-refractivity contribution in [2.24, 2.45) is 5.10 Å². The van der Waals surface area contributed by atoms with E-state index in [-0.39, 0.29) is 0 Å². The van der Waals surface area contributed by atoms with Gasteiger partial charge >= 0.3 is 0 Å². The number of pyridine rings is 1. The second-order valence-electron chi connectivity index (χ2n) is 5.50. The first-order valence-corrected chi connectivity index (χ1v) is 8.18. The van der Waals surface area contributed by atoms with Gasteiger partial charge < -0.3 is 10.3 Å². The van der Waals surface area contributed by atoms with Crippen molar-refractivity contribution in [3.8, 4) is 0 Å². The molecule has 0 unspecified atom stereocenters. The SMILES string of the molecule is Cc1ccc(/C=N/NC(=S)NCCc2c[nH]c3ccccc23)nc1. The summed E-state index contributed by atoms with van der Waals surface area (Å²) in [6.45, 7) is 2.74. The molecule has 24 heavy (non-hydrogen) atoms. The highest BCUT2D eigenvalue weighted by Crippen LogP contribution is 2.17. The van der Waals surface area contributed by atoms with Crippen molar-refractivity contribution in [1.82, 2.24) is 20.7 Å². The van der Waals surface area contributed by atoms with Crippen molar-refractivity contribution < 1.29 is 0 Å². The summed E-state index contributed by atoms with van der Waals surface area (Å²) in [5.41, 5.74) is 7.14. The summed E-state index contributed by atoms with van der Waals surface area (Å²) >= 11 is 5.22. The molecule has 0 aliphatic heterocycles. The lowest BCUT2D eigenvalue weighted by Crippen LogP contribution is -2.33. The van der Waals surface area contributed by atoms with Gasteiger partial charge in [0.1, 0.15) is 0 Å². The first kappa shape index (κ1) is 16.1. The summed E-state index contributed by atoms with van der Waals surface area (Å²) in [4.78, 5) is 7.52. The zero-order valence-corrected chi connectivity index (χ0v) is 14.2. The number of nitrogens with one attached hydrogen (secondary N) is 3. The smallest absolute Gasteiger partial charge is 0.186 e. The molecule has 0 radical (unpaired) electrons.